The summed E-state index contributed by atoms with van der Waals surface area (Å²) in [7, 11) is 1.86. The van der Waals surface area contributed by atoms with Gasteiger partial charge in [-0.2, -0.15) is 0 Å². The van der Waals surface area contributed by atoms with Crippen LogP contribution in [0.25, 0.3) is 0 Å². The first kappa shape index (κ1) is 23.0. The molecule has 1 atom stereocenters. The average Bonchev–Trinajstić information content (AvgIpc) is 2.55. The van der Waals surface area contributed by atoms with Gasteiger partial charge < -0.3 is 9.64 Å². The van der Waals surface area contributed by atoms with Gasteiger partial charge in [-0.05, 0) is 43.5 Å². The number of nitrogens with zero attached hydrogens (tertiary/aromatic N) is 1. The lowest BCUT2D eigenvalue weighted by Crippen LogP contribution is -2.53. The zero-order valence-corrected chi connectivity index (χ0v) is 18.1. The average molecular weight is 400 g/mol. The molecular formula is C20H34BrNO2. The van der Waals surface area contributed by atoms with Crippen molar-refractivity contribution in [3.8, 4) is 5.75 Å². The van der Waals surface area contributed by atoms with Crippen molar-refractivity contribution < 1.29 is 9.53 Å². The Labute approximate surface area is 156 Å². The Kier molecular flexibility index (Phi) is 10.3. The highest BCUT2D eigenvalue weighted by atomic mass is 79.9. The summed E-state index contributed by atoms with van der Waals surface area (Å²) in [6, 6.07) is 7.60. The molecule has 1 aromatic rings. The van der Waals surface area contributed by atoms with Gasteiger partial charge in [-0.25, -0.2) is 0 Å². The number of ether oxygens (including phenoxy) is 1. The van der Waals surface area contributed by atoms with Crippen molar-refractivity contribution in [1.29, 1.82) is 0 Å². The molecule has 3 nitrogen and oxygen atoms in total. The minimum absolute atomic E-state index is 0.0334. The van der Waals surface area contributed by atoms with E-state index in [0.29, 0.717) is 11.7 Å². The molecule has 1 aromatic carbocycles. The van der Waals surface area contributed by atoms with E-state index in [1.807, 2.05) is 65.9 Å². The smallest absolute Gasteiger partial charge is 0.266 e. The van der Waals surface area contributed by atoms with Gasteiger partial charge in [0.1, 0.15) is 5.75 Å². The van der Waals surface area contributed by atoms with Gasteiger partial charge in [-0.1, -0.05) is 57.5 Å². The van der Waals surface area contributed by atoms with Crippen LogP contribution >= 0.6 is 15.9 Å². The number of likely N-dealkylation sites (N-methyl/N-ethyl adjacent to an activating group) is 1. The molecule has 1 rings (SSSR count). The minimum atomic E-state index is -0.862. The largest absolute Gasteiger partial charge is 0.477 e. The van der Waals surface area contributed by atoms with Gasteiger partial charge in [0.25, 0.3) is 5.91 Å². The molecule has 0 aliphatic rings. The number of amides is 1. The second-order valence-electron chi connectivity index (χ2n) is 6.73. The first-order valence-corrected chi connectivity index (χ1v) is 9.66. The first-order chi connectivity index (χ1) is 11.2. The topological polar surface area (TPSA) is 29.5 Å². The summed E-state index contributed by atoms with van der Waals surface area (Å²) in [6.07, 6.45) is 0.995. The summed E-state index contributed by atoms with van der Waals surface area (Å²) in [5, 5.41) is 0. The van der Waals surface area contributed by atoms with E-state index < -0.39 is 5.60 Å². The Morgan fingerprint density at radius 3 is 2.08 bits per heavy atom. The second kappa shape index (κ2) is 10.8. The second-order valence-corrected chi connectivity index (χ2v) is 7.64. The van der Waals surface area contributed by atoms with Crippen LogP contribution in [0.15, 0.2) is 28.7 Å². The Morgan fingerprint density at radius 2 is 1.67 bits per heavy atom. The molecule has 0 N–H and O–H groups in total. The van der Waals surface area contributed by atoms with Crippen LogP contribution in [-0.2, 0) is 4.79 Å². The minimum Gasteiger partial charge on any atom is -0.477 e. The molecule has 138 valence electrons. The van der Waals surface area contributed by atoms with Crippen molar-refractivity contribution in [3.05, 3.63) is 28.7 Å². The normalized spacial score (nSPS) is 13.1. The highest BCUT2D eigenvalue weighted by Gasteiger charge is 2.41. The third-order valence-electron chi connectivity index (χ3n) is 4.06. The molecule has 0 bridgehead atoms. The van der Waals surface area contributed by atoms with Crippen LogP contribution in [-0.4, -0.2) is 30.0 Å². The summed E-state index contributed by atoms with van der Waals surface area (Å²) >= 11 is 3.41. The summed E-state index contributed by atoms with van der Waals surface area (Å²) < 4.78 is 7.09. The first-order valence-electron chi connectivity index (χ1n) is 8.87. The zero-order valence-electron chi connectivity index (χ0n) is 16.5. The Morgan fingerprint density at radius 1 is 1.17 bits per heavy atom. The number of carbonyl (C=O) groups is 1. The summed E-state index contributed by atoms with van der Waals surface area (Å²) in [5.74, 6) is 1.40. The van der Waals surface area contributed by atoms with Gasteiger partial charge in [0.15, 0.2) is 5.60 Å². The van der Waals surface area contributed by atoms with E-state index in [4.69, 9.17) is 4.74 Å². The molecule has 1 amide bonds. The molecule has 1 unspecified atom stereocenters. The lowest BCUT2D eigenvalue weighted by Gasteiger charge is -2.36. The molecular weight excluding hydrogens is 366 g/mol. The third-order valence-corrected chi connectivity index (χ3v) is 4.59. The Hall–Kier alpha value is -1.03. The zero-order chi connectivity index (χ0) is 18.9. The van der Waals surface area contributed by atoms with Gasteiger partial charge in [0, 0.05) is 24.0 Å². The number of hydrogen-bond donors (Lipinski definition) is 0. The van der Waals surface area contributed by atoms with Gasteiger partial charge in [0.2, 0.25) is 0 Å². The van der Waals surface area contributed by atoms with Crippen LogP contribution in [0.5, 0.6) is 5.75 Å². The molecule has 0 saturated carbocycles. The predicted octanol–water partition coefficient (Wildman–Crippen LogP) is 5.77. The lowest BCUT2D eigenvalue weighted by molar-refractivity contribution is -0.149. The Balaban J connectivity index is 0.00000254. The fourth-order valence-electron chi connectivity index (χ4n) is 2.09. The molecule has 0 aliphatic carbocycles. The summed E-state index contributed by atoms with van der Waals surface area (Å²) in [4.78, 5) is 14.7. The quantitative estimate of drug-likeness (QED) is 0.581. The molecule has 24 heavy (non-hydrogen) atoms. The van der Waals surface area contributed by atoms with E-state index in [0.717, 1.165) is 17.4 Å². The van der Waals surface area contributed by atoms with Gasteiger partial charge in [-0.15, -0.1) is 0 Å². The van der Waals surface area contributed by atoms with E-state index in [-0.39, 0.29) is 11.8 Å². The highest BCUT2D eigenvalue weighted by molar-refractivity contribution is 9.10. The maximum Gasteiger partial charge on any atom is 0.266 e. The van der Waals surface area contributed by atoms with E-state index in [1.165, 1.54) is 0 Å². The van der Waals surface area contributed by atoms with E-state index in [2.05, 4.69) is 29.8 Å². The predicted molar refractivity (Wildman–Crippen MR) is 106 cm³/mol. The molecule has 0 fully saturated rings. The lowest BCUT2D eigenvalue weighted by atomic mass is 9.90. The molecule has 0 spiro atoms. The number of carbonyl (C=O) groups excluding carboxylic acids is 1. The highest BCUT2D eigenvalue weighted by Crippen LogP contribution is 2.28. The number of rotatable bonds is 7. The van der Waals surface area contributed by atoms with Crippen molar-refractivity contribution in [2.75, 3.05) is 13.6 Å². The van der Waals surface area contributed by atoms with E-state index in [9.17, 15) is 4.79 Å². The van der Waals surface area contributed by atoms with Gasteiger partial charge in [0.05, 0.1) is 0 Å². The van der Waals surface area contributed by atoms with E-state index in [1.54, 1.807) is 4.90 Å². The van der Waals surface area contributed by atoms with Crippen LogP contribution in [0.3, 0.4) is 0 Å². The van der Waals surface area contributed by atoms with Crippen LogP contribution in [0.2, 0.25) is 0 Å². The van der Waals surface area contributed by atoms with Crippen LogP contribution in [0.1, 0.15) is 54.9 Å². The Bertz CT molecular complexity index is 485. The van der Waals surface area contributed by atoms with Crippen molar-refractivity contribution in [3.63, 3.8) is 0 Å². The van der Waals surface area contributed by atoms with Crippen molar-refractivity contribution >= 4 is 21.8 Å². The molecule has 0 radical (unpaired) electrons. The number of hydrogen-bond acceptors (Lipinski definition) is 2. The summed E-state index contributed by atoms with van der Waals surface area (Å²) in [6.45, 7) is 15.0. The number of halogens is 1. The molecule has 4 heteroatoms. The molecule has 0 saturated heterocycles. The maximum absolute atomic E-state index is 12.9. The molecule has 0 heterocycles. The fraction of sp³-hybridized carbons (Fsp3) is 0.650. The van der Waals surface area contributed by atoms with Gasteiger partial charge >= 0.3 is 0 Å². The third kappa shape index (κ3) is 6.84. The summed E-state index contributed by atoms with van der Waals surface area (Å²) in [5.41, 5.74) is -0.862. The monoisotopic (exact) mass is 399 g/mol. The van der Waals surface area contributed by atoms with E-state index >= 15 is 0 Å². The van der Waals surface area contributed by atoms with Crippen molar-refractivity contribution in [2.45, 2.75) is 60.5 Å². The van der Waals surface area contributed by atoms with Gasteiger partial charge in [-0.3, -0.25) is 4.79 Å². The molecule has 0 aliphatic heterocycles. The number of benzene rings is 1. The van der Waals surface area contributed by atoms with Crippen LogP contribution in [0, 0.1) is 11.8 Å². The van der Waals surface area contributed by atoms with Crippen molar-refractivity contribution in [1.82, 2.24) is 4.90 Å². The maximum atomic E-state index is 12.9. The fourth-order valence-corrected chi connectivity index (χ4v) is 2.35. The molecule has 0 aromatic heterocycles. The van der Waals surface area contributed by atoms with Crippen LogP contribution in [0.4, 0.5) is 0 Å². The van der Waals surface area contributed by atoms with Crippen molar-refractivity contribution in [2.24, 2.45) is 11.8 Å². The van der Waals surface area contributed by atoms with Crippen LogP contribution < -0.4 is 4.74 Å². The standard InChI is InChI=1S/C18H28BrNO2.C2H6/c1-13(2)11-12-20(6)17(21)18(5,14(3)4)22-16-9-7-15(19)8-10-16;1-2/h7-10,13-14H,11-12H2,1-6H3;1-2H3. The SMILES string of the molecule is CC.CC(C)CCN(C)C(=O)C(C)(Oc1ccc(Br)cc1)C(C)C.